The van der Waals surface area contributed by atoms with Crippen LogP contribution in [0.4, 0.5) is 4.79 Å². The summed E-state index contributed by atoms with van der Waals surface area (Å²) in [7, 11) is 0. The lowest BCUT2D eigenvalue weighted by Gasteiger charge is -2.13. The van der Waals surface area contributed by atoms with Crippen LogP contribution in [0.5, 0.6) is 5.75 Å². The highest BCUT2D eigenvalue weighted by atomic mass is 16.5. The maximum atomic E-state index is 11.6. The molecule has 0 atom stereocenters. The van der Waals surface area contributed by atoms with Gasteiger partial charge < -0.3 is 15.4 Å². The molecule has 1 aliphatic rings. The van der Waals surface area contributed by atoms with Gasteiger partial charge in [0.1, 0.15) is 5.75 Å². The van der Waals surface area contributed by atoms with Gasteiger partial charge in [0.15, 0.2) is 6.73 Å². The molecule has 2 N–H and O–H groups in total. The van der Waals surface area contributed by atoms with Gasteiger partial charge >= 0.3 is 6.03 Å². The second kappa shape index (κ2) is 7.78. The molecule has 4 nitrogen and oxygen atoms in total. The zero-order valence-electron chi connectivity index (χ0n) is 12.2. The molecule has 4 heteroatoms. The Kier molecular flexibility index (Phi) is 5.71. The van der Waals surface area contributed by atoms with E-state index in [0.717, 1.165) is 31.4 Å². The first-order chi connectivity index (χ1) is 9.78. The molecule has 0 aromatic heterocycles. The number of amides is 2. The Labute approximate surface area is 120 Å². The van der Waals surface area contributed by atoms with E-state index in [1.54, 1.807) is 0 Å². The number of aryl methyl sites for hydroxylation is 1. The summed E-state index contributed by atoms with van der Waals surface area (Å²) in [6.45, 7) is 2.36. The quantitative estimate of drug-likeness (QED) is 0.784. The first-order valence-corrected chi connectivity index (χ1v) is 7.54. The maximum absolute atomic E-state index is 11.6. The Morgan fingerprint density at radius 3 is 2.60 bits per heavy atom. The van der Waals surface area contributed by atoms with E-state index in [1.165, 1.54) is 18.4 Å². The lowest BCUT2D eigenvalue weighted by molar-refractivity contribution is 0.220. The van der Waals surface area contributed by atoms with Gasteiger partial charge in [0, 0.05) is 6.04 Å². The van der Waals surface area contributed by atoms with Crippen LogP contribution in [0.3, 0.4) is 0 Å². The molecule has 1 aromatic carbocycles. The molecule has 0 bridgehead atoms. The zero-order valence-corrected chi connectivity index (χ0v) is 12.2. The van der Waals surface area contributed by atoms with E-state index < -0.39 is 0 Å². The van der Waals surface area contributed by atoms with E-state index in [0.29, 0.717) is 6.04 Å². The fourth-order valence-electron chi connectivity index (χ4n) is 2.53. The molecule has 20 heavy (non-hydrogen) atoms. The second-order valence-electron chi connectivity index (χ2n) is 5.31. The number of carbonyl (C=O) groups excluding carboxylic acids is 1. The lowest BCUT2D eigenvalue weighted by atomic mass is 10.1. The van der Waals surface area contributed by atoms with Crippen LogP contribution in [0.2, 0.25) is 0 Å². The van der Waals surface area contributed by atoms with Crippen LogP contribution in [0.1, 0.15) is 44.6 Å². The highest BCUT2D eigenvalue weighted by Crippen LogP contribution is 2.17. The first kappa shape index (κ1) is 14.7. The number of urea groups is 1. The standard InChI is InChI=1S/C16H24N2O2/c1-2-5-13-8-10-15(11-9-13)20-12-17-16(19)18-14-6-3-4-7-14/h8-11,14H,2-7,12H2,1H3,(H2,17,18,19). The molecule has 0 heterocycles. The normalized spacial score (nSPS) is 15.1. The van der Waals surface area contributed by atoms with E-state index in [1.807, 2.05) is 12.1 Å². The molecule has 0 unspecified atom stereocenters. The lowest BCUT2D eigenvalue weighted by Crippen LogP contribution is -2.42. The summed E-state index contributed by atoms with van der Waals surface area (Å²) >= 11 is 0. The third-order valence-corrected chi connectivity index (χ3v) is 3.62. The van der Waals surface area contributed by atoms with Crippen LogP contribution in [-0.4, -0.2) is 18.8 Å². The van der Waals surface area contributed by atoms with Crippen LogP contribution in [-0.2, 0) is 6.42 Å². The molecular formula is C16H24N2O2. The van der Waals surface area contributed by atoms with E-state index in [-0.39, 0.29) is 12.8 Å². The molecule has 1 saturated carbocycles. The highest BCUT2D eigenvalue weighted by molar-refractivity contribution is 5.74. The maximum Gasteiger partial charge on any atom is 0.317 e. The minimum Gasteiger partial charge on any atom is -0.473 e. The van der Waals surface area contributed by atoms with Crippen molar-refractivity contribution in [3.63, 3.8) is 0 Å². The summed E-state index contributed by atoms with van der Waals surface area (Å²) in [4.78, 5) is 11.6. The Morgan fingerprint density at radius 1 is 1.25 bits per heavy atom. The van der Waals surface area contributed by atoms with Gasteiger partial charge in [-0.1, -0.05) is 38.3 Å². The largest absolute Gasteiger partial charge is 0.473 e. The molecule has 0 saturated heterocycles. The van der Waals surface area contributed by atoms with Gasteiger partial charge in [-0.05, 0) is 37.0 Å². The predicted molar refractivity (Wildman–Crippen MR) is 79.9 cm³/mol. The monoisotopic (exact) mass is 276 g/mol. The van der Waals surface area contributed by atoms with Crippen LogP contribution < -0.4 is 15.4 Å². The van der Waals surface area contributed by atoms with E-state index in [4.69, 9.17) is 4.74 Å². The van der Waals surface area contributed by atoms with E-state index in [2.05, 4.69) is 29.7 Å². The van der Waals surface area contributed by atoms with Crippen molar-refractivity contribution in [3.8, 4) is 5.75 Å². The third kappa shape index (κ3) is 4.76. The summed E-state index contributed by atoms with van der Waals surface area (Å²) in [5.41, 5.74) is 1.31. The van der Waals surface area contributed by atoms with Gasteiger partial charge in [-0.25, -0.2) is 4.79 Å². The van der Waals surface area contributed by atoms with Gasteiger partial charge in [-0.2, -0.15) is 0 Å². The van der Waals surface area contributed by atoms with Gasteiger partial charge in [-0.3, -0.25) is 0 Å². The van der Waals surface area contributed by atoms with Crippen molar-refractivity contribution >= 4 is 6.03 Å². The fraction of sp³-hybridized carbons (Fsp3) is 0.562. The molecule has 1 aliphatic carbocycles. The van der Waals surface area contributed by atoms with Crippen molar-refractivity contribution in [3.05, 3.63) is 29.8 Å². The Bertz CT molecular complexity index is 411. The van der Waals surface area contributed by atoms with Crippen molar-refractivity contribution < 1.29 is 9.53 Å². The van der Waals surface area contributed by atoms with Crippen molar-refractivity contribution in [1.82, 2.24) is 10.6 Å². The average Bonchev–Trinajstić information content (AvgIpc) is 2.94. The number of nitrogens with one attached hydrogen (secondary N) is 2. The Morgan fingerprint density at radius 2 is 1.95 bits per heavy atom. The van der Waals surface area contributed by atoms with Gasteiger partial charge in [0.05, 0.1) is 0 Å². The average molecular weight is 276 g/mol. The minimum absolute atomic E-state index is 0.139. The molecule has 0 radical (unpaired) electrons. The minimum atomic E-state index is -0.139. The summed E-state index contributed by atoms with van der Waals surface area (Å²) in [6.07, 6.45) is 6.84. The number of rotatable bonds is 6. The Hall–Kier alpha value is -1.71. The molecule has 1 aromatic rings. The van der Waals surface area contributed by atoms with Gasteiger partial charge in [-0.15, -0.1) is 0 Å². The molecular weight excluding hydrogens is 252 g/mol. The molecule has 2 amide bonds. The Balaban J connectivity index is 1.65. The van der Waals surface area contributed by atoms with Crippen LogP contribution in [0.15, 0.2) is 24.3 Å². The van der Waals surface area contributed by atoms with Gasteiger partial charge in [0.25, 0.3) is 0 Å². The SMILES string of the molecule is CCCc1ccc(OCNC(=O)NC2CCCC2)cc1. The van der Waals surface area contributed by atoms with E-state index >= 15 is 0 Å². The molecule has 0 aliphatic heterocycles. The molecule has 110 valence electrons. The number of benzene rings is 1. The smallest absolute Gasteiger partial charge is 0.317 e. The van der Waals surface area contributed by atoms with Crippen LogP contribution >= 0.6 is 0 Å². The van der Waals surface area contributed by atoms with Crippen molar-refractivity contribution in [2.45, 2.75) is 51.5 Å². The third-order valence-electron chi connectivity index (χ3n) is 3.62. The van der Waals surface area contributed by atoms with E-state index in [9.17, 15) is 4.79 Å². The first-order valence-electron chi connectivity index (χ1n) is 7.54. The van der Waals surface area contributed by atoms with Crippen molar-refractivity contribution in [1.29, 1.82) is 0 Å². The molecule has 2 rings (SSSR count). The number of carbonyl (C=O) groups is 1. The fourth-order valence-corrected chi connectivity index (χ4v) is 2.53. The predicted octanol–water partition coefficient (Wildman–Crippen LogP) is 3.22. The molecule has 0 spiro atoms. The topological polar surface area (TPSA) is 50.4 Å². The van der Waals surface area contributed by atoms with Crippen molar-refractivity contribution in [2.75, 3.05) is 6.73 Å². The van der Waals surface area contributed by atoms with Gasteiger partial charge in [0.2, 0.25) is 0 Å². The van der Waals surface area contributed by atoms with Crippen LogP contribution in [0, 0.1) is 0 Å². The summed E-state index contributed by atoms with van der Waals surface area (Å²) in [6, 6.07) is 8.22. The summed E-state index contributed by atoms with van der Waals surface area (Å²) in [5.74, 6) is 0.783. The second-order valence-corrected chi connectivity index (χ2v) is 5.31. The number of hydrogen-bond acceptors (Lipinski definition) is 2. The van der Waals surface area contributed by atoms with Crippen LogP contribution in [0.25, 0.3) is 0 Å². The summed E-state index contributed by atoms with van der Waals surface area (Å²) in [5, 5.41) is 5.69. The molecule has 1 fully saturated rings. The number of hydrogen-bond donors (Lipinski definition) is 2. The van der Waals surface area contributed by atoms with Crippen molar-refractivity contribution in [2.24, 2.45) is 0 Å². The summed E-state index contributed by atoms with van der Waals surface area (Å²) < 4.78 is 5.50. The number of ether oxygens (including phenoxy) is 1. The highest BCUT2D eigenvalue weighted by Gasteiger charge is 2.16. The zero-order chi connectivity index (χ0) is 14.2.